The van der Waals surface area contributed by atoms with Gasteiger partial charge in [-0.05, 0) is 31.9 Å². The van der Waals surface area contributed by atoms with Crippen molar-refractivity contribution in [2.24, 2.45) is 4.99 Å². The van der Waals surface area contributed by atoms with Crippen molar-refractivity contribution in [3.05, 3.63) is 30.3 Å². The minimum absolute atomic E-state index is 0. The number of guanidine groups is 1. The molecule has 1 saturated heterocycles. The second-order valence-corrected chi connectivity index (χ2v) is 5.37. The number of hydrogen-bond donors (Lipinski definition) is 2. The van der Waals surface area contributed by atoms with E-state index < -0.39 is 0 Å². The Labute approximate surface area is 161 Å². The SMILES string of the molecule is CCNC(=NCC(=O)N1CCCC1)NCCOc1ccccc1.I. The van der Waals surface area contributed by atoms with Crippen molar-refractivity contribution in [2.45, 2.75) is 19.8 Å². The van der Waals surface area contributed by atoms with E-state index >= 15 is 0 Å². The number of likely N-dealkylation sites (tertiary alicyclic amines) is 1. The third-order valence-corrected chi connectivity index (χ3v) is 3.58. The standard InChI is InChI=1S/C17H26N4O2.HI/c1-2-18-17(20-14-16(22)21-11-6-7-12-21)19-10-13-23-15-8-4-3-5-9-15;/h3-5,8-9H,2,6-7,10-14H2,1H3,(H2,18,19,20);1H. The van der Waals surface area contributed by atoms with E-state index in [0.717, 1.165) is 38.2 Å². The summed E-state index contributed by atoms with van der Waals surface area (Å²) < 4.78 is 5.62. The predicted molar refractivity (Wildman–Crippen MR) is 107 cm³/mol. The summed E-state index contributed by atoms with van der Waals surface area (Å²) in [4.78, 5) is 18.2. The quantitative estimate of drug-likeness (QED) is 0.291. The first-order chi connectivity index (χ1) is 11.3. The molecule has 0 unspecified atom stereocenters. The van der Waals surface area contributed by atoms with E-state index in [1.165, 1.54) is 0 Å². The molecule has 24 heavy (non-hydrogen) atoms. The molecule has 1 aliphatic rings. The fraction of sp³-hybridized carbons (Fsp3) is 0.529. The van der Waals surface area contributed by atoms with Crippen LogP contribution in [0, 0.1) is 0 Å². The Kier molecular flexibility index (Phi) is 10.2. The van der Waals surface area contributed by atoms with E-state index in [-0.39, 0.29) is 36.4 Å². The second-order valence-electron chi connectivity index (χ2n) is 5.37. The number of benzene rings is 1. The molecule has 1 aliphatic heterocycles. The third-order valence-electron chi connectivity index (χ3n) is 3.58. The average molecular weight is 446 g/mol. The molecule has 7 heteroatoms. The third kappa shape index (κ3) is 7.37. The van der Waals surface area contributed by atoms with Crippen LogP contribution in [0.25, 0.3) is 0 Å². The number of para-hydroxylation sites is 1. The lowest BCUT2D eigenvalue weighted by Crippen LogP contribution is -2.40. The first-order valence-electron chi connectivity index (χ1n) is 8.27. The number of carbonyl (C=O) groups excluding carboxylic acids is 1. The van der Waals surface area contributed by atoms with Crippen molar-refractivity contribution in [1.82, 2.24) is 15.5 Å². The van der Waals surface area contributed by atoms with Crippen molar-refractivity contribution < 1.29 is 9.53 Å². The Balaban J connectivity index is 0.00000288. The number of rotatable bonds is 7. The number of hydrogen-bond acceptors (Lipinski definition) is 3. The summed E-state index contributed by atoms with van der Waals surface area (Å²) in [6, 6.07) is 9.69. The molecule has 0 radical (unpaired) electrons. The van der Waals surface area contributed by atoms with Crippen molar-refractivity contribution in [3.63, 3.8) is 0 Å². The van der Waals surface area contributed by atoms with Gasteiger partial charge in [0.2, 0.25) is 5.91 Å². The van der Waals surface area contributed by atoms with Crippen molar-refractivity contribution >= 4 is 35.8 Å². The highest BCUT2D eigenvalue weighted by Gasteiger charge is 2.17. The molecule has 0 bridgehead atoms. The number of nitrogens with one attached hydrogen (secondary N) is 2. The molecule has 2 N–H and O–H groups in total. The van der Waals surface area contributed by atoms with Crippen molar-refractivity contribution in [3.8, 4) is 5.75 Å². The molecule has 1 heterocycles. The Morgan fingerprint density at radius 2 is 1.92 bits per heavy atom. The Morgan fingerprint density at radius 3 is 2.58 bits per heavy atom. The molecule has 0 atom stereocenters. The molecule has 0 saturated carbocycles. The smallest absolute Gasteiger partial charge is 0.244 e. The van der Waals surface area contributed by atoms with Crippen molar-refractivity contribution in [1.29, 1.82) is 0 Å². The molecule has 2 rings (SSSR count). The number of amides is 1. The van der Waals surface area contributed by atoms with Crippen molar-refractivity contribution in [2.75, 3.05) is 39.3 Å². The Bertz CT molecular complexity index is 505. The lowest BCUT2D eigenvalue weighted by molar-refractivity contribution is -0.128. The largest absolute Gasteiger partial charge is 0.492 e. The van der Waals surface area contributed by atoms with Gasteiger partial charge >= 0.3 is 0 Å². The molecular formula is C17H27IN4O2. The normalized spacial score (nSPS) is 14.0. The van der Waals surface area contributed by atoms with Gasteiger partial charge in [-0.3, -0.25) is 4.79 Å². The van der Waals surface area contributed by atoms with Crippen LogP contribution in [0.15, 0.2) is 35.3 Å². The fourth-order valence-corrected chi connectivity index (χ4v) is 2.41. The van der Waals surface area contributed by atoms with E-state index in [9.17, 15) is 4.79 Å². The molecule has 1 aromatic rings. The van der Waals surface area contributed by atoms with Crippen LogP contribution in [0.5, 0.6) is 5.75 Å². The van der Waals surface area contributed by atoms with Gasteiger partial charge < -0.3 is 20.3 Å². The molecular weight excluding hydrogens is 419 g/mol. The number of nitrogens with zero attached hydrogens (tertiary/aromatic N) is 2. The van der Waals surface area contributed by atoms with Crippen LogP contribution in [-0.2, 0) is 4.79 Å². The lowest BCUT2D eigenvalue weighted by Gasteiger charge is -2.15. The first-order valence-corrected chi connectivity index (χ1v) is 8.27. The van der Waals surface area contributed by atoms with E-state index in [1.54, 1.807) is 0 Å². The number of aliphatic imine (C=N–C) groups is 1. The van der Waals surface area contributed by atoms with Crippen LogP contribution < -0.4 is 15.4 Å². The van der Waals surface area contributed by atoms with Gasteiger partial charge in [-0.1, -0.05) is 18.2 Å². The van der Waals surface area contributed by atoms with Crippen LogP contribution in [0.2, 0.25) is 0 Å². The van der Waals surface area contributed by atoms with Gasteiger partial charge in [0.25, 0.3) is 0 Å². The van der Waals surface area contributed by atoms with Gasteiger partial charge in [-0.2, -0.15) is 0 Å². The highest BCUT2D eigenvalue weighted by Crippen LogP contribution is 2.08. The minimum Gasteiger partial charge on any atom is -0.492 e. The molecule has 0 aromatic heterocycles. The Hall–Kier alpha value is -1.51. The summed E-state index contributed by atoms with van der Waals surface area (Å²) in [6.45, 7) is 5.83. The Morgan fingerprint density at radius 1 is 1.21 bits per heavy atom. The van der Waals surface area contributed by atoms with E-state index in [0.29, 0.717) is 19.1 Å². The molecule has 6 nitrogen and oxygen atoms in total. The fourth-order valence-electron chi connectivity index (χ4n) is 2.41. The number of halogens is 1. The van der Waals surface area contributed by atoms with Crippen LogP contribution >= 0.6 is 24.0 Å². The zero-order valence-electron chi connectivity index (χ0n) is 14.2. The zero-order valence-corrected chi connectivity index (χ0v) is 16.5. The number of carbonyl (C=O) groups is 1. The zero-order chi connectivity index (χ0) is 16.3. The lowest BCUT2D eigenvalue weighted by atomic mass is 10.3. The van der Waals surface area contributed by atoms with Crippen LogP contribution in [0.4, 0.5) is 0 Å². The molecule has 134 valence electrons. The predicted octanol–water partition coefficient (Wildman–Crippen LogP) is 1.86. The second kappa shape index (κ2) is 11.9. The highest BCUT2D eigenvalue weighted by molar-refractivity contribution is 14.0. The summed E-state index contributed by atoms with van der Waals surface area (Å²) >= 11 is 0. The highest BCUT2D eigenvalue weighted by atomic mass is 127. The summed E-state index contributed by atoms with van der Waals surface area (Å²) in [7, 11) is 0. The van der Waals surface area contributed by atoms with Gasteiger partial charge in [0.05, 0.1) is 6.54 Å². The van der Waals surface area contributed by atoms with E-state index in [2.05, 4.69) is 15.6 Å². The van der Waals surface area contributed by atoms with Gasteiger partial charge in [-0.15, -0.1) is 24.0 Å². The summed E-state index contributed by atoms with van der Waals surface area (Å²) in [5.74, 6) is 1.59. The summed E-state index contributed by atoms with van der Waals surface area (Å²) in [6.07, 6.45) is 2.20. The topological polar surface area (TPSA) is 66.0 Å². The maximum absolute atomic E-state index is 12.0. The van der Waals surface area contributed by atoms with Gasteiger partial charge in [-0.25, -0.2) is 4.99 Å². The molecule has 0 spiro atoms. The summed E-state index contributed by atoms with van der Waals surface area (Å²) in [5, 5.41) is 6.32. The average Bonchev–Trinajstić information content (AvgIpc) is 3.11. The van der Waals surface area contributed by atoms with E-state index in [4.69, 9.17) is 4.74 Å². The first kappa shape index (κ1) is 20.5. The molecule has 1 fully saturated rings. The van der Waals surface area contributed by atoms with Gasteiger partial charge in [0.15, 0.2) is 5.96 Å². The molecule has 1 amide bonds. The van der Waals surface area contributed by atoms with Crippen LogP contribution in [0.1, 0.15) is 19.8 Å². The maximum Gasteiger partial charge on any atom is 0.244 e. The summed E-state index contributed by atoms with van der Waals surface area (Å²) in [5.41, 5.74) is 0. The molecule has 0 aliphatic carbocycles. The minimum atomic E-state index is 0. The monoisotopic (exact) mass is 446 g/mol. The van der Waals surface area contributed by atoms with Crippen LogP contribution in [-0.4, -0.2) is 56.1 Å². The van der Waals surface area contributed by atoms with Gasteiger partial charge in [0.1, 0.15) is 18.9 Å². The van der Waals surface area contributed by atoms with Crippen LogP contribution in [0.3, 0.4) is 0 Å². The van der Waals surface area contributed by atoms with E-state index in [1.807, 2.05) is 42.2 Å². The molecule has 1 aromatic carbocycles. The maximum atomic E-state index is 12.0. The number of ether oxygens (including phenoxy) is 1. The van der Waals surface area contributed by atoms with Gasteiger partial charge in [0, 0.05) is 19.6 Å².